The average molecular weight is 295 g/mol. The maximum Gasteiger partial charge on any atom is 0.323 e. The van der Waals surface area contributed by atoms with Gasteiger partial charge in [-0.25, -0.2) is 4.79 Å². The molecule has 0 aromatic carbocycles. The number of nitrogens with zero attached hydrogens (tertiary/aromatic N) is 2. The molecule has 2 N–H and O–H groups in total. The van der Waals surface area contributed by atoms with Crippen LogP contribution in [-0.4, -0.2) is 65.0 Å². The van der Waals surface area contributed by atoms with Crippen molar-refractivity contribution in [3.63, 3.8) is 0 Å². The minimum absolute atomic E-state index is 0.0789. The molecule has 0 aromatic heterocycles. The molecular weight excluding hydrogens is 274 g/mol. The molecule has 2 atom stereocenters. The zero-order chi connectivity index (χ0) is 15.4. The second kappa shape index (κ2) is 6.60. The largest absolute Gasteiger partial charge is 0.480 e. The summed E-state index contributed by atoms with van der Waals surface area (Å²) >= 11 is 0. The molecule has 2 rings (SSSR count). The third-order valence-corrected chi connectivity index (χ3v) is 4.04. The van der Waals surface area contributed by atoms with Crippen LogP contribution in [0.1, 0.15) is 19.3 Å². The number of aliphatic carboxylic acids is 1. The first-order valence-electron chi connectivity index (χ1n) is 7.17. The topological polar surface area (TPSA) is 90.0 Å². The number of carbonyl (C=O) groups is 3. The Morgan fingerprint density at radius 1 is 1.48 bits per heavy atom. The van der Waals surface area contributed by atoms with Gasteiger partial charge in [0, 0.05) is 32.1 Å². The Morgan fingerprint density at radius 3 is 2.90 bits per heavy atom. The van der Waals surface area contributed by atoms with E-state index in [1.807, 2.05) is 0 Å². The van der Waals surface area contributed by atoms with Crippen LogP contribution >= 0.6 is 0 Å². The zero-order valence-corrected chi connectivity index (χ0v) is 12.0. The molecule has 0 aliphatic carbocycles. The summed E-state index contributed by atoms with van der Waals surface area (Å²) in [7, 11) is 0. The molecule has 7 nitrogen and oxygen atoms in total. The van der Waals surface area contributed by atoms with Crippen LogP contribution in [0.25, 0.3) is 0 Å². The lowest BCUT2D eigenvalue weighted by Gasteiger charge is -2.42. The van der Waals surface area contributed by atoms with Crippen molar-refractivity contribution < 1.29 is 19.5 Å². The highest BCUT2D eigenvalue weighted by molar-refractivity contribution is 5.81. The maximum absolute atomic E-state index is 12.4. The number of likely N-dealkylation sites (tertiary alicyclic amines) is 1. The predicted octanol–water partition coefficient (Wildman–Crippen LogP) is 0.280. The summed E-state index contributed by atoms with van der Waals surface area (Å²) in [5, 5.41) is 11.8. The number of amides is 3. The fraction of sp³-hybridized carbons (Fsp3) is 0.643. The number of carboxylic acid groups (broad SMARTS) is 1. The van der Waals surface area contributed by atoms with Gasteiger partial charge in [-0.15, -0.1) is 6.58 Å². The van der Waals surface area contributed by atoms with Crippen LogP contribution in [0.15, 0.2) is 12.7 Å². The molecule has 2 fully saturated rings. The van der Waals surface area contributed by atoms with Crippen LogP contribution in [0.5, 0.6) is 0 Å². The minimum atomic E-state index is -1.04. The number of rotatable bonds is 4. The van der Waals surface area contributed by atoms with E-state index in [1.165, 1.54) is 11.0 Å². The summed E-state index contributed by atoms with van der Waals surface area (Å²) in [6.45, 7) is 4.55. The third kappa shape index (κ3) is 3.74. The smallest absolute Gasteiger partial charge is 0.323 e. The number of carboxylic acids is 1. The van der Waals surface area contributed by atoms with E-state index in [2.05, 4.69) is 11.9 Å². The van der Waals surface area contributed by atoms with Gasteiger partial charge in [-0.05, 0) is 18.8 Å². The predicted molar refractivity (Wildman–Crippen MR) is 75.6 cm³/mol. The highest BCUT2D eigenvalue weighted by Crippen LogP contribution is 2.25. The SMILES string of the molecule is C=CCN(CC(=O)O)C(=O)N1CCC2NC(=O)CCC2C1. The van der Waals surface area contributed by atoms with Crippen molar-refractivity contribution in [3.8, 4) is 0 Å². The van der Waals surface area contributed by atoms with E-state index in [1.54, 1.807) is 4.90 Å². The summed E-state index contributed by atoms with van der Waals surface area (Å²) in [4.78, 5) is 37.6. The summed E-state index contributed by atoms with van der Waals surface area (Å²) < 4.78 is 0. The molecule has 0 spiro atoms. The van der Waals surface area contributed by atoms with Crippen molar-refractivity contribution in [1.29, 1.82) is 0 Å². The summed E-state index contributed by atoms with van der Waals surface area (Å²) in [6.07, 6.45) is 3.51. The van der Waals surface area contributed by atoms with Crippen molar-refractivity contribution >= 4 is 17.9 Å². The molecular formula is C14H21N3O4. The number of hydrogen-bond donors (Lipinski definition) is 2. The lowest BCUT2D eigenvalue weighted by atomic mass is 9.85. The Bertz CT molecular complexity index is 452. The highest BCUT2D eigenvalue weighted by atomic mass is 16.4. The fourth-order valence-corrected chi connectivity index (χ4v) is 3.01. The molecule has 2 heterocycles. The van der Waals surface area contributed by atoms with Gasteiger partial charge in [-0.2, -0.15) is 0 Å². The van der Waals surface area contributed by atoms with E-state index in [0.717, 1.165) is 12.8 Å². The van der Waals surface area contributed by atoms with Gasteiger partial charge in [-0.3, -0.25) is 9.59 Å². The first-order chi connectivity index (χ1) is 10.0. The van der Waals surface area contributed by atoms with Gasteiger partial charge in [0.15, 0.2) is 0 Å². The molecule has 3 amide bonds. The lowest BCUT2D eigenvalue weighted by molar-refractivity contribution is -0.137. The average Bonchev–Trinajstić information content (AvgIpc) is 2.45. The number of nitrogens with one attached hydrogen (secondary N) is 1. The molecule has 0 saturated carbocycles. The van der Waals surface area contributed by atoms with Gasteiger partial charge in [0.2, 0.25) is 5.91 Å². The van der Waals surface area contributed by atoms with Gasteiger partial charge >= 0.3 is 12.0 Å². The quantitative estimate of drug-likeness (QED) is 0.729. The molecule has 0 aromatic rings. The lowest BCUT2D eigenvalue weighted by Crippen LogP contribution is -2.57. The van der Waals surface area contributed by atoms with Crippen molar-refractivity contribution in [2.24, 2.45) is 5.92 Å². The minimum Gasteiger partial charge on any atom is -0.480 e. The standard InChI is InChI=1S/C14H21N3O4/c1-2-6-16(9-13(19)20)14(21)17-7-5-11-10(8-17)3-4-12(18)15-11/h2,10-11H,1,3-9H2,(H,15,18)(H,19,20). The molecule has 21 heavy (non-hydrogen) atoms. The van der Waals surface area contributed by atoms with Crippen LogP contribution in [-0.2, 0) is 9.59 Å². The van der Waals surface area contributed by atoms with Gasteiger partial charge in [0.1, 0.15) is 6.54 Å². The van der Waals surface area contributed by atoms with Crippen molar-refractivity contribution in [2.75, 3.05) is 26.2 Å². The van der Waals surface area contributed by atoms with Gasteiger partial charge < -0.3 is 20.2 Å². The summed E-state index contributed by atoms with van der Waals surface area (Å²) in [6, 6.07) is -0.129. The van der Waals surface area contributed by atoms with Gasteiger partial charge in [0.05, 0.1) is 0 Å². The molecule has 0 bridgehead atoms. The number of fused-ring (bicyclic) bond motifs is 1. The van der Waals surface area contributed by atoms with Crippen LogP contribution in [0, 0.1) is 5.92 Å². The number of hydrogen-bond acceptors (Lipinski definition) is 3. The van der Waals surface area contributed by atoms with E-state index in [-0.39, 0.29) is 37.0 Å². The molecule has 116 valence electrons. The molecule has 2 unspecified atom stereocenters. The van der Waals surface area contributed by atoms with Crippen molar-refractivity contribution in [3.05, 3.63) is 12.7 Å². The van der Waals surface area contributed by atoms with Gasteiger partial charge in [-0.1, -0.05) is 6.08 Å². The Balaban J connectivity index is 1.97. The first-order valence-corrected chi connectivity index (χ1v) is 7.17. The second-order valence-corrected chi connectivity index (χ2v) is 5.55. The molecule has 2 saturated heterocycles. The monoisotopic (exact) mass is 295 g/mol. The first kappa shape index (κ1) is 15.3. The Morgan fingerprint density at radius 2 is 2.24 bits per heavy atom. The molecule has 2 aliphatic rings. The highest BCUT2D eigenvalue weighted by Gasteiger charge is 2.36. The van der Waals surface area contributed by atoms with Gasteiger partial charge in [0.25, 0.3) is 0 Å². The fourth-order valence-electron chi connectivity index (χ4n) is 3.01. The number of piperidine rings is 2. The van der Waals surface area contributed by atoms with Crippen molar-refractivity contribution in [2.45, 2.75) is 25.3 Å². The Kier molecular flexibility index (Phi) is 4.82. The Labute approximate surface area is 123 Å². The zero-order valence-electron chi connectivity index (χ0n) is 12.0. The summed E-state index contributed by atoms with van der Waals surface area (Å²) in [5.41, 5.74) is 0. The summed E-state index contributed by atoms with van der Waals surface area (Å²) in [5.74, 6) is -0.698. The van der Waals surface area contributed by atoms with Crippen LogP contribution in [0.2, 0.25) is 0 Å². The van der Waals surface area contributed by atoms with Crippen LogP contribution in [0.4, 0.5) is 4.79 Å². The van der Waals surface area contributed by atoms with E-state index >= 15 is 0 Å². The van der Waals surface area contributed by atoms with Crippen molar-refractivity contribution in [1.82, 2.24) is 15.1 Å². The maximum atomic E-state index is 12.4. The number of urea groups is 1. The van der Waals surface area contributed by atoms with E-state index in [9.17, 15) is 14.4 Å². The number of carbonyl (C=O) groups excluding carboxylic acids is 2. The normalized spacial score (nSPS) is 24.8. The van der Waals surface area contributed by atoms with E-state index in [0.29, 0.717) is 19.5 Å². The van der Waals surface area contributed by atoms with E-state index < -0.39 is 5.97 Å². The molecule has 0 radical (unpaired) electrons. The van der Waals surface area contributed by atoms with E-state index in [4.69, 9.17) is 5.11 Å². The van der Waals surface area contributed by atoms with Crippen LogP contribution in [0.3, 0.4) is 0 Å². The second-order valence-electron chi connectivity index (χ2n) is 5.55. The van der Waals surface area contributed by atoms with Crippen LogP contribution < -0.4 is 5.32 Å². The molecule has 7 heteroatoms. The third-order valence-electron chi connectivity index (χ3n) is 4.04. The molecule has 2 aliphatic heterocycles. The Hall–Kier alpha value is -2.05.